The van der Waals surface area contributed by atoms with Gasteiger partial charge in [0.05, 0.1) is 17.4 Å². The molecule has 4 heterocycles. The molecule has 1 saturated heterocycles. The SMILES string of the molecule is Cc1cc(C)n2ncc(-c3nccn3-c3cccc(N4C(=O)CN(C)C4=O)c3)c2n1. The van der Waals surface area contributed by atoms with Crippen molar-refractivity contribution in [2.75, 3.05) is 18.5 Å². The number of imide groups is 1. The third-order valence-corrected chi connectivity index (χ3v) is 5.17. The first-order chi connectivity index (χ1) is 14.4. The van der Waals surface area contributed by atoms with E-state index in [0.717, 1.165) is 28.3 Å². The van der Waals surface area contributed by atoms with Crippen LogP contribution < -0.4 is 4.90 Å². The molecule has 9 nitrogen and oxygen atoms in total. The fourth-order valence-corrected chi connectivity index (χ4v) is 3.79. The van der Waals surface area contributed by atoms with E-state index in [1.807, 2.05) is 42.8 Å². The minimum Gasteiger partial charge on any atom is -0.318 e. The molecule has 0 N–H and O–H groups in total. The zero-order valence-electron chi connectivity index (χ0n) is 16.8. The normalized spacial score (nSPS) is 14.4. The Labute approximate surface area is 172 Å². The number of likely N-dealkylation sites (N-methyl/N-ethyl adjacent to an activating group) is 1. The largest absolute Gasteiger partial charge is 0.331 e. The molecule has 4 aromatic rings. The van der Waals surface area contributed by atoms with Crippen LogP contribution in [0.25, 0.3) is 22.7 Å². The van der Waals surface area contributed by atoms with Crippen LogP contribution in [-0.4, -0.2) is 54.6 Å². The second-order valence-electron chi connectivity index (χ2n) is 7.34. The van der Waals surface area contributed by atoms with Crippen molar-refractivity contribution in [3.63, 3.8) is 0 Å². The fourth-order valence-electron chi connectivity index (χ4n) is 3.79. The van der Waals surface area contributed by atoms with E-state index in [-0.39, 0.29) is 18.5 Å². The molecular weight excluding hydrogens is 382 g/mol. The summed E-state index contributed by atoms with van der Waals surface area (Å²) in [6.07, 6.45) is 5.29. The summed E-state index contributed by atoms with van der Waals surface area (Å²) >= 11 is 0. The van der Waals surface area contributed by atoms with Gasteiger partial charge in [-0.15, -0.1) is 0 Å². The number of carbonyl (C=O) groups excluding carboxylic acids is 2. The lowest BCUT2D eigenvalue weighted by Crippen LogP contribution is -2.31. The predicted molar refractivity (Wildman–Crippen MR) is 111 cm³/mol. The Morgan fingerprint density at radius 3 is 2.63 bits per heavy atom. The third-order valence-electron chi connectivity index (χ3n) is 5.17. The number of hydrogen-bond donors (Lipinski definition) is 0. The summed E-state index contributed by atoms with van der Waals surface area (Å²) in [7, 11) is 1.61. The van der Waals surface area contributed by atoms with Crippen molar-refractivity contribution >= 4 is 23.3 Å². The topological polar surface area (TPSA) is 88.6 Å². The van der Waals surface area contributed by atoms with Crippen LogP contribution in [0.3, 0.4) is 0 Å². The Balaban J connectivity index is 1.62. The molecule has 0 spiro atoms. The smallest absolute Gasteiger partial charge is 0.318 e. The van der Waals surface area contributed by atoms with E-state index in [1.54, 1.807) is 36.1 Å². The number of rotatable bonds is 3. The average Bonchev–Trinajstić information content (AvgIpc) is 3.40. The lowest BCUT2D eigenvalue weighted by molar-refractivity contribution is -0.116. The molecular formula is C21H19N7O2. The summed E-state index contributed by atoms with van der Waals surface area (Å²) < 4.78 is 3.68. The maximum atomic E-state index is 12.4. The van der Waals surface area contributed by atoms with Gasteiger partial charge in [-0.05, 0) is 38.1 Å². The molecule has 1 aromatic carbocycles. The Morgan fingerprint density at radius 2 is 1.87 bits per heavy atom. The second kappa shape index (κ2) is 6.51. The first-order valence-corrected chi connectivity index (χ1v) is 9.48. The van der Waals surface area contributed by atoms with Gasteiger partial charge in [0.25, 0.3) is 5.91 Å². The van der Waals surface area contributed by atoms with Crippen molar-refractivity contribution < 1.29 is 9.59 Å². The Hall–Kier alpha value is -4.01. The molecule has 3 amide bonds. The zero-order chi connectivity index (χ0) is 21.0. The molecule has 5 rings (SSSR count). The number of nitrogens with zero attached hydrogens (tertiary/aromatic N) is 7. The van der Waals surface area contributed by atoms with Gasteiger partial charge in [-0.3, -0.25) is 9.36 Å². The molecule has 0 saturated carbocycles. The van der Waals surface area contributed by atoms with Crippen LogP contribution in [0.15, 0.2) is 48.9 Å². The van der Waals surface area contributed by atoms with E-state index in [1.165, 1.54) is 9.80 Å². The monoisotopic (exact) mass is 401 g/mol. The molecule has 1 aliphatic heterocycles. The van der Waals surface area contributed by atoms with Crippen molar-refractivity contribution in [1.29, 1.82) is 0 Å². The highest BCUT2D eigenvalue weighted by molar-refractivity contribution is 6.19. The van der Waals surface area contributed by atoms with Crippen molar-refractivity contribution in [3.8, 4) is 17.1 Å². The standard InChI is InChI=1S/C21H19N7O2/c1-13-9-14(2)28-20(24-13)17(11-23-28)19-22-7-8-26(19)15-5-4-6-16(10-15)27-18(29)12-25(3)21(27)30/h4-11H,12H2,1-3H3. The van der Waals surface area contributed by atoms with Crippen LogP contribution in [0, 0.1) is 13.8 Å². The van der Waals surface area contributed by atoms with Crippen LogP contribution in [0.4, 0.5) is 10.5 Å². The highest BCUT2D eigenvalue weighted by Crippen LogP contribution is 2.28. The van der Waals surface area contributed by atoms with Crippen molar-refractivity contribution in [3.05, 3.63) is 60.3 Å². The Morgan fingerprint density at radius 1 is 1.07 bits per heavy atom. The second-order valence-corrected chi connectivity index (χ2v) is 7.34. The van der Waals surface area contributed by atoms with Gasteiger partial charge in [-0.1, -0.05) is 6.07 Å². The fraction of sp³-hybridized carbons (Fsp3) is 0.190. The Bertz CT molecular complexity index is 1320. The number of aryl methyl sites for hydroxylation is 2. The van der Waals surface area contributed by atoms with Gasteiger partial charge >= 0.3 is 6.03 Å². The minimum absolute atomic E-state index is 0.0756. The van der Waals surface area contributed by atoms with E-state index in [2.05, 4.69) is 15.1 Å². The number of benzene rings is 1. The molecule has 0 bridgehead atoms. The maximum Gasteiger partial charge on any atom is 0.331 e. The quantitative estimate of drug-likeness (QED) is 0.493. The minimum atomic E-state index is -0.333. The van der Waals surface area contributed by atoms with Crippen LogP contribution in [0.2, 0.25) is 0 Å². The highest BCUT2D eigenvalue weighted by Gasteiger charge is 2.34. The number of carbonyl (C=O) groups is 2. The van der Waals surface area contributed by atoms with Gasteiger partial charge in [-0.2, -0.15) is 5.10 Å². The van der Waals surface area contributed by atoms with Crippen molar-refractivity contribution in [2.45, 2.75) is 13.8 Å². The van der Waals surface area contributed by atoms with Gasteiger partial charge in [0, 0.05) is 36.5 Å². The number of hydrogen-bond acceptors (Lipinski definition) is 5. The zero-order valence-corrected chi connectivity index (χ0v) is 16.8. The van der Waals surface area contributed by atoms with Crippen LogP contribution >= 0.6 is 0 Å². The van der Waals surface area contributed by atoms with E-state index >= 15 is 0 Å². The average molecular weight is 401 g/mol. The van der Waals surface area contributed by atoms with Gasteiger partial charge in [0.2, 0.25) is 0 Å². The summed E-state index contributed by atoms with van der Waals surface area (Å²) in [5, 5.41) is 4.46. The molecule has 1 aliphatic rings. The third kappa shape index (κ3) is 2.66. The number of aromatic nitrogens is 5. The van der Waals surface area contributed by atoms with Crippen LogP contribution in [0.1, 0.15) is 11.4 Å². The van der Waals surface area contributed by atoms with E-state index < -0.39 is 0 Å². The first kappa shape index (κ1) is 18.0. The number of amides is 3. The van der Waals surface area contributed by atoms with E-state index in [4.69, 9.17) is 0 Å². The molecule has 150 valence electrons. The van der Waals surface area contributed by atoms with Crippen molar-refractivity contribution in [2.24, 2.45) is 0 Å². The van der Waals surface area contributed by atoms with Crippen LogP contribution in [-0.2, 0) is 4.79 Å². The molecule has 0 atom stereocenters. The van der Waals surface area contributed by atoms with E-state index in [0.29, 0.717) is 11.5 Å². The summed E-state index contributed by atoms with van der Waals surface area (Å²) in [5.74, 6) is 0.430. The summed E-state index contributed by atoms with van der Waals surface area (Å²) in [4.78, 5) is 36.4. The first-order valence-electron chi connectivity index (χ1n) is 9.48. The molecule has 0 radical (unpaired) electrons. The van der Waals surface area contributed by atoms with Gasteiger partial charge in [-0.25, -0.2) is 24.2 Å². The molecule has 0 unspecified atom stereocenters. The van der Waals surface area contributed by atoms with E-state index in [9.17, 15) is 9.59 Å². The summed E-state index contributed by atoms with van der Waals surface area (Å²) in [6, 6.07) is 8.91. The molecule has 9 heteroatoms. The Kier molecular flexibility index (Phi) is 3.92. The summed E-state index contributed by atoms with van der Waals surface area (Å²) in [5.41, 5.74) is 4.71. The lowest BCUT2D eigenvalue weighted by atomic mass is 10.2. The summed E-state index contributed by atoms with van der Waals surface area (Å²) in [6.45, 7) is 4.00. The number of anilines is 1. The van der Waals surface area contributed by atoms with Crippen molar-refractivity contribution in [1.82, 2.24) is 29.0 Å². The predicted octanol–water partition coefficient (Wildman–Crippen LogP) is 2.60. The molecule has 1 fully saturated rings. The van der Waals surface area contributed by atoms with Gasteiger partial charge in [0.15, 0.2) is 5.65 Å². The lowest BCUT2D eigenvalue weighted by Gasteiger charge is -2.16. The number of imidazole rings is 1. The van der Waals surface area contributed by atoms with Gasteiger partial charge in [0.1, 0.15) is 12.4 Å². The molecule has 30 heavy (non-hydrogen) atoms. The highest BCUT2D eigenvalue weighted by atomic mass is 16.2. The number of fused-ring (bicyclic) bond motifs is 1. The molecule has 3 aromatic heterocycles. The molecule has 0 aliphatic carbocycles. The maximum absolute atomic E-state index is 12.4. The number of urea groups is 1. The van der Waals surface area contributed by atoms with Gasteiger partial charge < -0.3 is 4.90 Å². The van der Waals surface area contributed by atoms with Crippen LogP contribution in [0.5, 0.6) is 0 Å².